The maximum Gasteiger partial charge on any atom is 0.253 e. The molecule has 34 heavy (non-hydrogen) atoms. The number of rotatable bonds is 4. The number of carbonyl (C=O) groups excluding carboxylic acids is 2. The number of ketones is 1. The summed E-state index contributed by atoms with van der Waals surface area (Å²) in [5.74, 6) is 0.909. The van der Waals surface area contributed by atoms with Gasteiger partial charge in [0.1, 0.15) is 0 Å². The van der Waals surface area contributed by atoms with Crippen LogP contribution in [0.3, 0.4) is 0 Å². The summed E-state index contributed by atoms with van der Waals surface area (Å²) in [5, 5.41) is 4.69. The lowest BCUT2D eigenvalue weighted by Crippen LogP contribution is -2.38. The van der Waals surface area contributed by atoms with E-state index in [0.717, 1.165) is 61.4 Å². The molecule has 0 unspecified atom stereocenters. The lowest BCUT2D eigenvalue weighted by molar-refractivity contribution is 0.0690. The zero-order chi connectivity index (χ0) is 23.9. The van der Waals surface area contributed by atoms with Crippen molar-refractivity contribution in [2.24, 2.45) is 11.3 Å². The normalized spacial score (nSPS) is 18.1. The first-order chi connectivity index (χ1) is 16.3. The lowest BCUT2D eigenvalue weighted by Gasteiger charge is -2.32. The molecule has 2 heterocycles. The monoisotopic (exact) mass is 455 g/mol. The number of aromatic nitrogens is 2. The molecule has 1 aromatic heterocycles. The average molecular weight is 456 g/mol. The second kappa shape index (κ2) is 8.86. The van der Waals surface area contributed by atoms with Crippen LogP contribution in [0.2, 0.25) is 0 Å². The molecule has 1 aliphatic heterocycles. The average Bonchev–Trinajstić information content (AvgIpc) is 3.15. The first-order valence-corrected chi connectivity index (χ1v) is 12.4. The Morgan fingerprint density at radius 2 is 1.68 bits per heavy atom. The van der Waals surface area contributed by atoms with Crippen molar-refractivity contribution in [1.82, 2.24) is 14.7 Å². The molecule has 1 amide bonds. The van der Waals surface area contributed by atoms with Gasteiger partial charge >= 0.3 is 0 Å². The Kier molecular flexibility index (Phi) is 5.88. The van der Waals surface area contributed by atoms with Crippen LogP contribution in [-0.4, -0.2) is 39.5 Å². The fourth-order valence-electron chi connectivity index (χ4n) is 5.57. The fourth-order valence-corrected chi connectivity index (χ4v) is 5.57. The van der Waals surface area contributed by atoms with Crippen LogP contribution in [0.4, 0.5) is 0 Å². The summed E-state index contributed by atoms with van der Waals surface area (Å²) >= 11 is 0. The Morgan fingerprint density at radius 1 is 1.00 bits per heavy atom. The van der Waals surface area contributed by atoms with Crippen LogP contribution in [0.25, 0.3) is 5.69 Å². The standard InChI is InChI=1S/C29H33N3O2/c1-20-27-25(18-29(2,3)19-26(27)33)32(30-20)24-11-9-23(10-12-24)28(34)31-15-13-22(14-16-31)17-21-7-5-4-6-8-21/h4-12,22H,13-19H2,1-3H3. The van der Waals surface area contributed by atoms with Gasteiger partial charge in [-0.1, -0.05) is 44.2 Å². The topological polar surface area (TPSA) is 55.2 Å². The van der Waals surface area contributed by atoms with Crippen molar-refractivity contribution in [3.63, 3.8) is 0 Å². The van der Waals surface area contributed by atoms with Gasteiger partial charge in [0, 0.05) is 25.1 Å². The molecule has 1 saturated heterocycles. The maximum absolute atomic E-state index is 13.1. The molecule has 3 aromatic rings. The Hall–Kier alpha value is -3.21. The first kappa shape index (κ1) is 22.6. The quantitative estimate of drug-likeness (QED) is 0.527. The smallest absolute Gasteiger partial charge is 0.253 e. The van der Waals surface area contributed by atoms with Gasteiger partial charge in [0.05, 0.1) is 22.6 Å². The van der Waals surface area contributed by atoms with Crippen LogP contribution >= 0.6 is 0 Å². The third-order valence-corrected chi connectivity index (χ3v) is 7.35. The van der Waals surface area contributed by atoms with Crippen LogP contribution in [-0.2, 0) is 12.8 Å². The van der Waals surface area contributed by atoms with Gasteiger partial charge in [-0.15, -0.1) is 0 Å². The molecule has 176 valence electrons. The number of hydrogen-bond acceptors (Lipinski definition) is 3. The number of piperidine rings is 1. The van der Waals surface area contributed by atoms with Gasteiger partial charge in [-0.05, 0) is 73.8 Å². The van der Waals surface area contributed by atoms with Crippen LogP contribution in [0.5, 0.6) is 0 Å². The zero-order valence-corrected chi connectivity index (χ0v) is 20.4. The van der Waals surface area contributed by atoms with Crippen LogP contribution < -0.4 is 0 Å². The van der Waals surface area contributed by atoms with Gasteiger partial charge in [0.25, 0.3) is 5.91 Å². The highest BCUT2D eigenvalue weighted by Crippen LogP contribution is 2.37. The third-order valence-electron chi connectivity index (χ3n) is 7.35. The Morgan fingerprint density at radius 3 is 2.35 bits per heavy atom. The highest BCUT2D eigenvalue weighted by molar-refractivity contribution is 6.00. The van der Waals surface area contributed by atoms with E-state index in [1.165, 1.54) is 5.56 Å². The number of likely N-dealkylation sites (tertiary alicyclic amines) is 1. The highest BCUT2D eigenvalue weighted by Gasteiger charge is 2.35. The second-order valence-electron chi connectivity index (χ2n) is 10.7. The van der Waals surface area contributed by atoms with E-state index in [-0.39, 0.29) is 17.1 Å². The summed E-state index contributed by atoms with van der Waals surface area (Å²) in [6.07, 6.45) is 4.54. The number of nitrogens with zero attached hydrogens (tertiary/aromatic N) is 3. The Bertz CT molecular complexity index is 1200. The van der Waals surface area contributed by atoms with Gasteiger partial charge in [-0.25, -0.2) is 4.68 Å². The molecule has 0 radical (unpaired) electrons. The fraction of sp³-hybridized carbons (Fsp3) is 0.414. The van der Waals surface area contributed by atoms with E-state index in [2.05, 4.69) is 49.3 Å². The molecule has 1 aliphatic carbocycles. The molecule has 0 spiro atoms. The van der Waals surface area contributed by atoms with E-state index in [1.807, 2.05) is 40.8 Å². The predicted octanol–water partition coefficient (Wildman–Crippen LogP) is 5.43. The number of hydrogen-bond donors (Lipinski definition) is 0. The van der Waals surface area contributed by atoms with Crippen molar-refractivity contribution in [1.29, 1.82) is 0 Å². The van der Waals surface area contributed by atoms with Crippen molar-refractivity contribution in [3.8, 4) is 5.69 Å². The number of Topliss-reactive ketones (excluding diaryl/α,β-unsaturated/α-hetero) is 1. The minimum atomic E-state index is -0.0726. The largest absolute Gasteiger partial charge is 0.339 e. The summed E-state index contributed by atoms with van der Waals surface area (Å²) < 4.78 is 1.90. The number of aryl methyl sites for hydroxylation is 1. The van der Waals surface area contributed by atoms with E-state index in [1.54, 1.807) is 0 Å². The summed E-state index contributed by atoms with van der Waals surface area (Å²) in [6.45, 7) is 7.78. The van der Waals surface area contributed by atoms with E-state index in [4.69, 9.17) is 0 Å². The van der Waals surface area contributed by atoms with Crippen LogP contribution in [0.1, 0.15) is 70.8 Å². The predicted molar refractivity (Wildman–Crippen MR) is 134 cm³/mol. The van der Waals surface area contributed by atoms with Crippen molar-refractivity contribution in [3.05, 3.63) is 82.7 Å². The maximum atomic E-state index is 13.1. The lowest BCUT2D eigenvalue weighted by atomic mass is 9.75. The van der Waals surface area contributed by atoms with E-state index in [9.17, 15) is 9.59 Å². The van der Waals surface area contributed by atoms with Gasteiger partial charge < -0.3 is 4.90 Å². The minimum Gasteiger partial charge on any atom is -0.339 e. The van der Waals surface area contributed by atoms with E-state index < -0.39 is 0 Å². The van der Waals surface area contributed by atoms with Crippen molar-refractivity contribution < 1.29 is 9.59 Å². The molecule has 2 aromatic carbocycles. The first-order valence-electron chi connectivity index (χ1n) is 12.4. The summed E-state index contributed by atoms with van der Waals surface area (Å²) in [7, 11) is 0. The molecular formula is C29H33N3O2. The van der Waals surface area contributed by atoms with E-state index >= 15 is 0 Å². The summed E-state index contributed by atoms with van der Waals surface area (Å²) in [5.41, 5.74) is 5.46. The Balaban J connectivity index is 1.27. The molecule has 5 heteroatoms. The minimum absolute atomic E-state index is 0.0726. The summed E-state index contributed by atoms with van der Waals surface area (Å²) in [4.78, 5) is 27.8. The SMILES string of the molecule is Cc1nn(-c2ccc(C(=O)N3CCC(Cc4ccccc4)CC3)cc2)c2c1C(=O)CC(C)(C)C2. The zero-order valence-electron chi connectivity index (χ0n) is 20.4. The molecule has 0 atom stereocenters. The summed E-state index contributed by atoms with van der Waals surface area (Å²) in [6, 6.07) is 18.3. The third kappa shape index (κ3) is 4.44. The number of benzene rings is 2. The molecule has 0 bridgehead atoms. The molecule has 5 nitrogen and oxygen atoms in total. The van der Waals surface area contributed by atoms with E-state index in [0.29, 0.717) is 17.9 Å². The van der Waals surface area contributed by atoms with Gasteiger partial charge in [-0.3, -0.25) is 9.59 Å². The van der Waals surface area contributed by atoms with Gasteiger partial charge in [0.15, 0.2) is 5.78 Å². The molecule has 1 fully saturated rings. The molecule has 5 rings (SSSR count). The highest BCUT2D eigenvalue weighted by atomic mass is 16.2. The van der Waals surface area contributed by atoms with Gasteiger partial charge in [-0.2, -0.15) is 5.10 Å². The van der Waals surface area contributed by atoms with Crippen LogP contribution in [0.15, 0.2) is 54.6 Å². The van der Waals surface area contributed by atoms with Crippen LogP contribution in [0, 0.1) is 18.3 Å². The molecular weight excluding hydrogens is 422 g/mol. The molecule has 0 N–H and O–H groups in total. The molecule has 0 saturated carbocycles. The van der Waals surface area contributed by atoms with Crippen molar-refractivity contribution in [2.45, 2.75) is 52.9 Å². The van der Waals surface area contributed by atoms with Crippen molar-refractivity contribution >= 4 is 11.7 Å². The molecule has 2 aliphatic rings. The number of amides is 1. The van der Waals surface area contributed by atoms with Crippen molar-refractivity contribution in [2.75, 3.05) is 13.1 Å². The number of carbonyl (C=O) groups is 2. The second-order valence-corrected chi connectivity index (χ2v) is 10.7. The Labute approximate surface area is 201 Å². The van der Waals surface area contributed by atoms with Gasteiger partial charge in [0.2, 0.25) is 0 Å². The number of fused-ring (bicyclic) bond motifs is 1.